The number of rotatable bonds is 7. The largest absolute Gasteiger partial charge is 0.480 e. The molecule has 1 amide bonds. The van der Waals surface area contributed by atoms with E-state index in [1.807, 2.05) is 30.3 Å². The van der Waals surface area contributed by atoms with Gasteiger partial charge in [-0.1, -0.05) is 30.3 Å². The molecule has 0 aliphatic carbocycles. The SMILES string of the molecule is COc1ccc(C(=O)NCCOc2ccc3nnc(-c4ccccc4)n3n2)nn1. The molecule has 29 heavy (non-hydrogen) atoms. The van der Waals surface area contributed by atoms with Crippen molar-refractivity contribution >= 4 is 11.6 Å². The number of carbonyl (C=O) groups excluding carboxylic acids is 1. The van der Waals surface area contributed by atoms with Gasteiger partial charge in [0.25, 0.3) is 5.91 Å². The summed E-state index contributed by atoms with van der Waals surface area (Å²) in [4.78, 5) is 12.1. The quantitative estimate of drug-likeness (QED) is 0.470. The maximum absolute atomic E-state index is 12.1. The van der Waals surface area contributed by atoms with E-state index in [1.54, 1.807) is 22.7 Å². The highest BCUT2D eigenvalue weighted by Crippen LogP contribution is 2.18. The number of fused-ring (bicyclic) bond motifs is 1. The summed E-state index contributed by atoms with van der Waals surface area (Å²) < 4.78 is 12.2. The topological polar surface area (TPSA) is 116 Å². The maximum Gasteiger partial charge on any atom is 0.271 e. The van der Waals surface area contributed by atoms with Crippen LogP contribution >= 0.6 is 0 Å². The molecule has 0 fully saturated rings. The van der Waals surface area contributed by atoms with Crippen LogP contribution in [0.3, 0.4) is 0 Å². The van der Waals surface area contributed by atoms with Crippen molar-refractivity contribution in [3.8, 4) is 23.1 Å². The van der Waals surface area contributed by atoms with Crippen LogP contribution in [0.4, 0.5) is 0 Å². The van der Waals surface area contributed by atoms with Crippen molar-refractivity contribution in [2.45, 2.75) is 0 Å². The van der Waals surface area contributed by atoms with Gasteiger partial charge in [-0.2, -0.15) is 4.52 Å². The summed E-state index contributed by atoms with van der Waals surface area (Å²) in [6, 6.07) is 16.2. The number of hydrogen-bond acceptors (Lipinski definition) is 8. The van der Waals surface area contributed by atoms with Crippen LogP contribution in [0.25, 0.3) is 17.0 Å². The molecule has 3 heterocycles. The van der Waals surface area contributed by atoms with Gasteiger partial charge in [0.05, 0.1) is 13.7 Å². The summed E-state index contributed by atoms with van der Waals surface area (Å²) in [5, 5.41) is 23.0. The van der Waals surface area contributed by atoms with E-state index in [-0.39, 0.29) is 24.8 Å². The van der Waals surface area contributed by atoms with Crippen molar-refractivity contribution in [1.82, 2.24) is 35.3 Å². The predicted molar refractivity (Wildman–Crippen MR) is 103 cm³/mol. The van der Waals surface area contributed by atoms with E-state index in [9.17, 15) is 4.79 Å². The zero-order valence-corrected chi connectivity index (χ0v) is 15.5. The number of hydrogen-bond donors (Lipinski definition) is 1. The number of nitrogens with zero attached hydrogens (tertiary/aromatic N) is 6. The number of ether oxygens (including phenoxy) is 2. The standard InChI is InChI=1S/C19H17N7O3/c1-28-16-9-7-14(21-23-16)19(27)20-11-12-29-17-10-8-15-22-24-18(26(15)25-17)13-5-3-2-4-6-13/h2-10H,11-12H2,1H3,(H,20,27). The van der Waals surface area contributed by atoms with Gasteiger partial charge >= 0.3 is 0 Å². The Kier molecular flexibility index (Phi) is 5.23. The molecule has 10 nitrogen and oxygen atoms in total. The van der Waals surface area contributed by atoms with E-state index in [1.165, 1.54) is 13.2 Å². The highest BCUT2D eigenvalue weighted by Gasteiger charge is 2.11. The van der Waals surface area contributed by atoms with Gasteiger partial charge in [-0.25, -0.2) is 0 Å². The van der Waals surface area contributed by atoms with Gasteiger partial charge in [0.1, 0.15) is 6.61 Å². The lowest BCUT2D eigenvalue weighted by atomic mass is 10.2. The molecule has 0 aliphatic heterocycles. The second-order valence-corrected chi connectivity index (χ2v) is 5.90. The van der Waals surface area contributed by atoms with E-state index in [4.69, 9.17) is 9.47 Å². The predicted octanol–water partition coefficient (Wildman–Crippen LogP) is 1.40. The molecule has 3 aromatic heterocycles. The molecular formula is C19H17N7O3. The van der Waals surface area contributed by atoms with E-state index in [0.717, 1.165) is 5.56 Å². The van der Waals surface area contributed by atoms with Crippen LogP contribution in [0, 0.1) is 0 Å². The first-order valence-corrected chi connectivity index (χ1v) is 8.81. The second kappa shape index (κ2) is 8.30. The Hall–Kier alpha value is -4.08. The Morgan fingerprint density at radius 1 is 0.966 bits per heavy atom. The van der Waals surface area contributed by atoms with Gasteiger partial charge < -0.3 is 14.8 Å². The molecule has 0 unspecified atom stereocenters. The molecule has 0 atom stereocenters. The number of aromatic nitrogens is 6. The minimum absolute atomic E-state index is 0.197. The van der Waals surface area contributed by atoms with Gasteiger partial charge in [0, 0.05) is 17.7 Å². The van der Waals surface area contributed by atoms with Crippen LogP contribution in [-0.4, -0.2) is 56.2 Å². The smallest absolute Gasteiger partial charge is 0.271 e. The Bertz CT molecular complexity index is 1110. The molecular weight excluding hydrogens is 374 g/mol. The second-order valence-electron chi connectivity index (χ2n) is 5.90. The third kappa shape index (κ3) is 4.10. The summed E-state index contributed by atoms with van der Waals surface area (Å²) in [6.07, 6.45) is 0. The summed E-state index contributed by atoms with van der Waals surface area (Å²) >= 11 is 0. The van der Waals surface area contributed by atoms with Crippen molar-refractivity contribution in [2.75, 3.05) is 20.3 Å². The molecule has 0 saturated carbocycles. The molecule has 146 valence electrons. The third-order valence-corrected chi connectivity index (χ3v) is 3.99. The van der Waals surface area contributed by atoms with Gasteiger partial charge in [0.15, 0.2) is 17.2 Å². The number of nitrogens with one attached hydrogen (secondary N) is 1. The van der Waals surface area contributed by atoms with Crippen molar-refractivity contribution in [1.29, 1.82) is 0 Å². The average Bonchev–Trinajstić information content (AvgIpc) is 3.20. The lowest BCUT2D eigenvalue weighted by Crippen LogP contribution is -2.29. The fourth-order valence-corrected chi connectivity index (χ4v) is 2.58. The van der Waals surface area contributed by atoms with Crippen LogP contribution < -0.4 is 14.8 Å². The third-order valence-electron chi connectivity index (χ3n) is 3.99. The van der Waals surface area contributed by atoms with Crippen molar-refractivity contribution in [2.24, 2.45) is 0 Å². The average molecular weight is 391 g/mol. The maximum atomic E-state index is 12.1. The summed E-state index contributed by atoms with van der Waals surface area (Å²) in [6.45, 7) is 0.511. The van der Waals surface area contributed by atoms with Crippen LogP contribution in [0.5, 0.6) is 11.8 Å². The zero-order chi connectivity index (χ0) is 20.1. The highest BCUT2D eigenvalue weighted by atomic mass is 16.5. The van der Waals surface area contributed by atoms with Crippen LogP contribution in [0.2, 0.25) is 0 Å². The first-order valence-electron chi connectivity index (χ1n) is 8.81. The lowest BCUT2D eigenvalue weighted by molar-refractivity contribution is 0.0940. The Labute approximate surface area is 165 Å². The number of methoxy groups -OCH3 is 1. The number of amides is 1. The number of carbonyl (C=O) groups is 1. The van der Waals surface area contributed by atoms with Crippen LogP contribution in [0.1, 0.15) is 10.5 Å². The van der Waals surface area contributed by atoms with Crippen molar-refractivity contribution in [3.05, 3.63) is 60.3 Å². The van der Waals surface area contributed by atoms with E-state index < -0.39 is 0 Å². The normalized spacial score (nSPS) is 10.7. The van der Waals surface area contributed by atoms with Crippen molar-refractivity contribution < 1.29 is 14.3 Å². The molecule has 4 aromatic rings. The first kappa shape index (κ1) is 18.3. The molecule has 0 spiro atoms. The van der Waals surface area contributed by atoms with Crippen molar-refractivity contribution in [3.63, 3.8) is 0 Å². The van der Waals surface area contributed by atoms with E-state index >= 15 is 0 Å². The Balaban J connectivity index is 1.36. The number of benzene rings is 1. The monoisotopic (exact) mass is 391 g/mol. The fraction of sp³-hybridized carbons (Fsp3) is 0.158. The molecule has 1 aromatic carbocycles. The van der Waals surface area contributed by atoms with E-state index in [0.29, 0.717) is 23.2 Å². The molecule has 1 N–H and O–H groups in total. The van der Waals surface area contributed by atoms with Crippen LogP contribution in [-0.2, 0) is 0 Å². The Morgan fingerprint density at radius 3 is 2.55 bits per heavy atom. The zero-order valence-electron chi connectivity index (χ0n) is 15.5. The minimum Gasteiger partial charge on any atom is -0.480 e. The van der Waals surface area contributed by atoms with E-state index in [2.05, 4.69) is 30.8 Å². The summed E-state index contributed by atoms with van der Waals surface area (Å²) in [5.41, 5.74) is 1.71. The molecule has 0 saturated heterocycles. The fourth-order valence-electron chi connectivity index (χ4n) is 2.58. The molecule has 10 heteroatoms. The molecule has 0 radical (unpaired) electrons. The summed E-state index contributed by atoms with van der Waals surface area (Å²) in [7, 11) is 1.48. The van der Waals surface area contributed by atoms with Gasteiger partial charge in [-0.3, -0.25) is 4.79 Å². The lowest BCUT2D eigenvalue weighted by Gasteiger charge is -2.07. The minimum atomic E-state index is -0.350. The van der Waals surface area contributed by atoms with Gasteiger partial charge in [-0.15, -0.1) is 25.5 Å². The molecule has 4 rings (SSSR count). The Morgan fingerprint density at radius 2 is 1.79 bits per heavy atom. The highest BCUT2D eigenvalue weighted by molar-refractivity contribution is 5.92. The van der Waals surface area contributed by atoms with Gasteiger partial charge in [0.2, 0.25) is 11.8 Å². The van der Waals surface area contributed by atoms with Gasteiger partial charge in [-0.05, 0) is 12.1 Å². The summed E-state index contributed by atoms with van der Waals surface area (Å²) in [5.74, 6) is 1.01. The molecule has 0 bridgehead atoms. The molecule has 0 aliphatic rings. The van der Waals surface area contributed by atoms with Crippen LogP contribution in [0.15, 0.2) is 54.6 Å². The first-order chi connectivity index (χ1) is 14.2.